The van der Waals surface area contributed by atoms with E-state index in [-0.39, 0.29) is 24.5 Å². The van der Waals surface area contributed by atoms with Crippen LogP contribution in [0.15, 0.2) is 5.10 Å². The molecule has 1 heterocycles. The molecule has 0 saturated carbocycles. The average Bonchev–Trinajstić information content (AvgIpc) is 2.19. The zero-order valence-electron chi connectivity index (χ0n) is 10.1. The van der Waals surface area contributed by atoms with Crippen LogP contribution in [-0.2, 0) is 4.74 Å². The van der Waals surface area contributed by atoms with E-state index in [0.29, 0.717) is 12.5 Å². The molecule has 1 saturated heterocycles. The van der Waals surface area contributed by atoms with Crippen LogP contribution in [0.5, 0.6) is 0 Å². The second kappa shape index (κ2) is 7.57. The number of hydrogen-bond donors (Lipinski definition) is 2. The van der Waals surface area contributed by atoms with Crippen LogP contribution in [0.2, 0.25) is 0 Å². The summed E-state index contributed by atoms with van der Waals surface area (Å²) in [6, 6.07) is 0. The lowest BCUT2D eigenvalue weighted by atomic mass is 9.95. The minimum Gasteiger partial charge on any atom is -0.374 e. The molecule has 0 aliphatic carbocycles. The van der Waals surface area contributed by atoms with Gasteiger partial charge in [-0.2, -0.15) is 0 Å². The van der Waals surface area contributed by atoms with Crippen LogP contribution in [0.1, 0.15) is 26.7 Å². The summed E-state index contributed by atoms with van der Waals surface area (Å²) in [5.74, 6) is 0.724. The molecule has 1 rings (SSSR count). The van der Waals surface area contributed by atoms with Crippen molar-refractivity contribution in [1.82, 2.24) is 5.01 Å². The van der Waals surface area contributed by atoms with E-state index in [4.69, 9.17) is 16.2 Å². The molecule has 0 aromatic carbocycles. The van der Waals surface area contributed by atoms with Gasteiger partial charge in [0.1, 0.15) is 0 Å². The van der Waals surface area contributed by atoms with Crippen molar-refractivity contribution >= 4 is 18.4 Å². The van der Waals surface area contributed by atoms with Crippen LogP contribution in [0, 0.1) is 5.92 Å². The van der Waals surface area contributed by atoms with Crippen LogP contribution < -0.4 is 11.5 Å². The summed E-state index contributed by atoms with van der Waals surface area (Å²) in [6.07, 6.45) is 2.53. The van der Waals surface area contributed by atoms with Crippen molar-refractivity contribution in [1.29, 1.82) is 0 Å². The van der Waals surface area contributed by atoms with E-state index < -0.39 is 0 Å². The predicted octanol–water partition coefficient (Wildman–Crippen LogP) is 0.734. The van der Waals surface area contributed by atoms with Crippen molar-refractivity contribution in [3.8, 4) is 0 Å². The van der Waals surface area contributed by atoms with E-state index in [1.807, 2.05) is 5.01 Å². The molecule has 96 valence electrons. The zero-order chi connectivity index (χ0) is 11.3. The third-order valence-electron chi connectivity index (χ3n) is 2.90. The maximum absolute atomic E-state index is 5.74. The molecular weight excluding hydrogens is 228 g/mol. The van der Waals surface area contributed by atoms with Gasteiger partial charge in [0.15, 0.2) is 0 Å². The fourth-order valence-electron chi connectivity index (χ4n) is 2.01. The Kier molecular flexibility index (Phi) is 7.25. The number of nitrogens with zero attached hydrogens (tertiary/aromatic N) is 2. The van der Waals surface area contributed by atoms with E-state index in [0.717, 1.165) is 25.9 Å². The van der Waals surface area contributed by atoms with Crippen LogP contribution in [0.25, 0.3) is 0 Å². The molecule has 0 bridgehead atoms. The molecule has 0 radical (unpaired) electrons. The lowest BCUT2D eigenvalue weighted by molar-refractivity contribution is -0.0586. The van der Waals surface area contributed by atoms with E-state index in [1.54, 1.807) is 0 Å². The predicted molar refractivity (Wildman–Crippen MR) is 68.4 cm³/mol. The Morgan fingerprint density at radius 1 is 1.44 bits per heavy atom. The van der Waals surface area contributed by atoms with E-state index >= 15 is 0 Å². The van der Waals surface area contributed by atoms with Crippen molar-refractivity contribution in [2.24, 2.45) is 22.5 Å². The summed E-state index contributed by atoms with van der Waals surface area (Å²) in [4.78, 5) is 0. The highest BCUT2D eigenvalue weighted by Gasteiger charge is 2.25. The van der Waals surface area contributed by atoms with Gasteiger partial charge < -0.3 is 16.2 Å². The normalized spacial score (nSPS) is 20.4. The first-order chi connectivity index (χ1) is 7.17. The Hall–Kier alpha value is -0.680. The minimum absolute atomic E-state index is 0. The number of guanidine groups is 1. The van der Waals surface area contributed by atoms with Crippen molar-refractivity contribution in [2.45, 2.75) is 32.8 Å². The third-order valence-corrected chi connectivity index (χ3v) is 2.90. The maximum Gasteiger partial charge on any atom is 0.208 e. The van der Waals surface area contributed by atoms with Crippen LogP contribution in [0.4, 0.5) is 0 Å². The second-order valence-electron chi connectivity index (χ2n) is 3.92. The van der Waals surface area contributed by atoms with Crippen LogP contribution in [-0.4, -0.2) is 36.8 Å². The Bertz CT molecular complexity index is 217. The van der Waals surface area contributed by atoms with Gasteiger partial charge >= 0.3 is 0 Å². The van der Waals surface area contributed by atoms with Gasteiger partial charge in [-0.25, -0.2) is 0 Å². The molecule has 1 aliphatic heterocycles. The zero-order valence-corrected chi connectivity index (χ0v) is 10.9. The molecule has 6 heteroatoms. The highest BCUT2D eigenvalue weighted by Crippen LogP contribution is 2.20. The van der Waals surface area contributed by atoms with E-state index in [9.17, 15) is 0 Å². The van der Waals surface area contributed by atoms with Gasteiger partial charge in [0.2, 0.25) is 5.96 Å². The Labute approximate surface area is 104 Å². The van der Waals surface area contributed by atoms with Gasteiger partial charge in [0, 0.05) is 0 Å². The summed E-state index contributed by atoms with van der Waals surface area (Å²) in [7, 11) is 0. The highest BCUT2D eigenvalue weighted by molar-refractivity contribution is 5.85. The second-order valence-corrected chi connectivity index (χ2v) is 3.92. The molecule has 0 aromatic heterocycles. The lowest BCUT2D eigenvalue weighted by Crippen LogP contribution is -2.44. The van der Waals surface area contributed by atoms with Gasteiger partial charge in [-0.15, -0.1) is 17.5 Å². The fraction of sp³-hybridized carbons (Fsp3) is 0.900. The lowest BCUT2D eigenvalue weighted by Gasteiger charge is -2.34. The molecule has 0 spiro atoms. The van der Waals surface area contributed by atoms with Crippen LogP contribution in [0.3, 0.4) is 0 Å². The fourth-order valence-corrected chi connectivity index (χ4v) is 2.01. The molecule has 1 atom stereocenters. The Morgan fingerprint density at radius 2 is 2.06 bits per heavy atom. The van der Waals surface area contributed by atoms with Gasteiger partial charge in [-0.3, -0.25) is 5.01 Å². The van der Waals surface area contributed by atoms with Gasteiger partial charge in [0.25, 0.3) is 0 Å². The van der Waals surface area contributed by atoms with Gasteiger partial charge in [-0.05, 0) is 5.92 Å². The Balaban J connectivity index is 0.00000225. The van der Waals surface area contributed by atoms with Gasteiger partial charge in [0.05, 0.1) is 25.8 Å². The Morgan fingerprint density at radius 3 is 2.56 bits per heavy atom. The summed E-state index contributed by atoms with van der Waals surface area (Å²) in [6.45, 7) is 6.66. The molecule has 1 unspecified atom stereocenters. The van der Waals surface area contributed by atoms with Crippen molar-refractivity contribution in [3.63, 3.8) is 0 Å². The number of morpholine rings is 1. The maximum atomic E-state index is 5.74. The highest BCUT2D eigenvalue weighted by atomic mass is 35.5. The number of halogens is 1. The minimum atomic E-state index is 0. The molecule has 1 fully saturated rings. The monoisotopic (exact) mass is 250 g/mol. The topological polar surface area (TPSA) is 76.9 Å². The summed E-state index contributed by atoms with van der Waals surface area (Å²) in [5.41, 5.74) is 10.7. The molecule has 1 aliphatic rings. The third kappa shape index (κ3) is 4.45. The van der Waals surface area contributed by atoms with E-state index in [2.05, 4.69) is 18.9 Å². The standard InChI is InChI=1S/C10H22N4O.ClH/c1-3-8(4-2)9-7-14(5-6-15-9)13-10(11)12;/h8-9H,3-7H2,1-2H3,(H4,11,12,13);1H. The van der Waals surface area contributed by atoms with Crippen LogP contribution >= 0.6 is 12.4 Å². The summed E-state index contributed by atoms with van der Waals surface area (Å²) >= 11 is 0. The molecular formula is C10H23ClN4O. The SMILES string of the molecule is CCC(CC)C1CN(N=C(N)N)CCO1.Cl. The number of rotatable bonds is 4. The number of hydrogen-bond acceptors (Lipinski definition) is 3. The summed E-state index contributed by atoms with van der Waals surface area (Å²) < 4.78 is 5.74. The quantitative estimate of drug-likeness (QED) is 0.570. The van der Waals surface area contributed by atoms with Crippen molar-refractivity contribution < 1.29 is 4.74 Å². The number of ether oxygens (including phenoxy) is 1. The molecule has 0 amide bonds. The number of hydrazone groups is 1. The largest absolute Gasteiger partial charge is 0.374 e. The first-order valence-electron chi connectivity index (χ1n) is 5.63. The van der Waals surface area contributed by atoms with Crippen molar-refractivity contribution in [3.05, 3.63) is 0 Å². The smallest absolute Gasteiger partial charge is 0.208 e. The molecule has 16 heavy (non-hydrogen) atoms. The molecule has 5 nitrogen and oxygen atoms in total. The van der Waals surface area contributed by atoms with Crippen molar-refractivity contribution in [2.75, 3.05) is 19.7 Å². The number of nitrogens with two attached hydrogens (primary N) is 2. The molecule has 4 N–H and O–H groups in total. The average molecular weight is 251 g/mol. The van der Waals surface area contributed by atoms with Gasteiger partial charge in [-0.1, -0.05) is 26.7 Å². The first kappa shape index (κ1) is 15.3. The van der Waals surface area contributed by atoms with E-state index in [1.165, 1.54) is 0 Å². The summed E-state index contributed by atoms with van der Waals surface area (Å²) in [5, 5.41) is 5.97. The molecule has 0 aromatic rings. The first-order valence-corrected chi connectivity index (χ1v) is 5.63.